The van der Waals surface area contributed by atoms with E-state index in [0.717, 1.165) is 15.7 Å². The zero-order chi connectivity index (χ0) is 15.4. The van der Waals surface area contributed by atoms with Crippen molar-refractivity contribution in [2.45, 2.75) is 26.9 Å². The summed E-state index contributed by atoms with van der Waals surface area (Å²) < 4.78 is 1.15. The summed E-state index contributed by atoms with van der Waals surface area (Å²) in [4.78, 5) is 27.6. The number of carbonyl (C=O) groups excluding carboxylic acids is 1. The number of nitrogens with one attached hydrogen (secondary N) is 1. The number of hydrogen-bond acceptors (Lipinski definition) is 4. The number of nitrogen functional groups attached to an aromatic ring is 1. The molecular formula is C15H18N4O2. The smallest absolute Gasteiger partial charge is 0.255 e. The second-order valence-electron chi connectivity index (χ2n) is 4.94. The molecule has 0 atom stereocenters. The van der Waals surface area contributed by atoms with Gasteiger partial charge in [0.05, 0.1) is 0 Å². The van der Waals surface area contributed by atoms with Gasteiger partial charge in [-0.3, -0.25) is 14.2 Å². The van der Waals surface area contributed by atoms with Crippen LogP contribution in [0.2, 0.25) is 0 Å². The monoisotopic (exact) mass is 286 g/mol. The predicted molar refractivity (Wildman–Crippen MR) is 80.7 cm³/mol. The quantitative estimate of drug-likeness (QED) is 0.868. The molecule has 110 valence electrons. The van der Waals surface area contributed by atoms with Crippen LogP contribution in [-0.4, -0.2) is 15.5 Å². The minimum atomic E-state index is -0.328. The average molecular weight is 286 g/mol. The molecule has 6 nitrogen and oxygen atoms in total. The van der Waals surface area contributed by atoms with Crippen LogP contribution in [0.25, 0.3) is 0 Å². The molecule has 21 heavy (non-hydrogen) atoms. The Morgan fingerprint density at radius 2 is 1.95 bits per heavy atom. The first-order valence-corrected chi connectivity index (χ1v) is 6.62. The lowest BCUT2D eigenvalue weighted by Gasteiger charge is -2.10. The van der Waals surface area contributed by atoms with Crippen LogP contribution in [0.15, 0.2) is 35.1 Å². The fraction of sp³-hybridized carbons (Fsp3) is 0.267. The summed E-state index contributed by atoms with van der Waals surface area (Å²) in [5, 5.41) is 2.75. The minimum Gasteiger partial charge on any atom is -0.369 e. The highest BCUT2D eigenvalue weighted by Gasteiger charge is 2.08. The van der Waals surface area contributed by atoms with Gasteiger partial charge in [0.1, 0.15) is 6.54 Å². The largest absolute Gasteiger partial charge is 0.369 e. The summed E-state index contributed by atoms with van der Waals surface area (Å²) in [7, 11) is 0. The molecule has 0 saturated carbocycles. The van der Waals surface area contributed by atoms with Gasteiger partial charge in [-0.2, -0.15) is 0 Å². The highest BCUT2D eigenvalue weighted by atomic mass is 16.2. The van der Waals surface area contributed by atoms with Crippen molar-refractivity contribution in [1.82, 2.24) is 14.9 Å². The van der Waals surface area contributed by atoms with Crippen LogP contribution in [0.1, 0.15) is 16.8 Å². The normalized spacial score (nSPS) is 10.4. The molecule has 1 amide bonds. The number of carbonyl (C=O) groups is 1. The number of aromatic nitrogens is 2. The molecule has 1 heterocycles. The molecule has 0 fully saturated rings. The van der Waals surface area contributed by atoms with Crippen LogP contribution >= 0.6 is 0 Å². The molecule has 1 aromatic heterocycles. The minimum absolute atomic E-state index is 0.0467. The van der Waals surface area contributed by atoms with Gasteiger partial charge in [0, 0.05) is 18.3 Å². The van der Waals surface area contributed by atoms with Gasteiger partial charge in [-0.05, 0) is 19.4 Å². The summed E-state index contributed by atoms with van der Waals surface area (Å²) in [5.74, 6) is -0.236. The van der Waals surface area contributed by atoms with Gasteiger partial charge in [-0.1, -0.05) is 29.8 Å². The van der Waals surface area contributed by atoms with E-state index in [0.29, 0.717) is 12.2 Å². The Morgan fingerprint density at radius 1 is 1.29 bits per heavy atom. The van der Waals surface area contributed by atoms with E-state index in [1.165, 1.54) is 6.07 Å². The molecule has 0 bridgehead atoms. The molecule has 2 rings (SSSR count). The molecule has 0 spiro atoms. The van der Waals surface area contributed by atoms with Crippen LogP contribution in [0.4, 0.5) is 5.95 Å². The number of amides is 1. The molecule has 0 aliphatic carbocycles. The standard InChI is InChI=1S/C15H18N4O2/c1-10-3-5-12(6-4-10)8-17-13(20)9-19-14(21)7-11(2)18-15(19)16/h3-7H,8-9H2,1-2H3,(H2,16,18)(H,17,20). The zero-order valence-corrected chi connectivity index (χ0v) is 12.1. The number of aryl methyl sites for hydroxylation is 2. The maximum absolute atomic E-state index is 11.9. The molecule has 0 unspecified atom stereocenters. The fourth-order valence-corrected chi connectivity index (χ4v) is 1.91. The molecule has 0 aliphatic rings. The van der Waals surface area contributed by atoms with Gasteiger partial charge in [-0.25, -0.2) is 4.98 Å². The molecular weight excluding hydrogens is 268 g/mol. The van der Waals surface area contributed by atoms with Gasteiger partial charge in [0.2, 0.25) is 11.9 Å². The highest BCUT2D eigenvalue weighted by Crippen LogP contribution is 2.02. The Kier molecular flexibility index (Phi) is 4.37. The van der Waals surface area contributed by atoms with Gasteiger partial charge in [-0.15, -0.1) is 0 Å². The van der Waals surface area contributed by atoms with Crippen molar-refractivity contribution in [2.24, 2.45) is 0 Å². The maximum Gasteiger partial charge on any atom is 0.255 e. The number of rotatable bonds is 4. The third kappa shape index (κ3) is 3.92. The van der Waals surface area contributed by atoms with Crippen molar-refractivity contribution in [1.29, 1.82) is 0 Å². The molecule has 0 aliphatic heterocycles. The number of nitrogens with two attached hydrogens (primary N) is 1. The lowest BCUT2D eigenvalue weighted by atomic mass is 10.1. The number of anilines is 1. The molecule has 6 heteroatoms. The van der Waals surface area contributed by atoms with Gasteiger partial charge in [0.25, 0.3) is 5.56 Å². The molecule has 0 saturated heterocycles. The van der Waals surface area contributed by atoms with E-state index in [4.69, 9.17) is 5.73 Å². The summed E-state index contributed by atoms with van der Waals surface area (Å²) in [5.41, 5.74) is 8.03. The van der Waals surface area contributed by atoms with Crippen LogP contribution in [0.3, 0.4) is 0 Å². The van der Waals surface area contributed by atoms with Crippen molar-refractivity contribution in [3.8, 4) is 0 Å². The summed E-state index contributed by atoms with van der Waals surface area (Å²) in [6.07, 6.45) is 0. The van der Waals surface area contributed by atoms with E-state index in [2.05, 4.69) is 10.3 Å². The molecule has 2 aromatic rings. The second-order valence-corrected chi connectivity index (χ2v) is 4.94. The third-order valence-corrected chi connectivity index (χ3v) is 3.08. The van der Waals surface area contributed by atoms with E-state index in [9.17, 15) is 9.59 Å². The van der Waals surface area contributed by atoms with Gasteiger partial charge >= 0.3 is 0 Å². The highest BCUT2D eigenvalue weighted by molar-refractivity contribution is 5.76. The lowest BCUT2D eigenvalue weighted by molar-refractivity contribution is -0.121. The van der Waals surface area contributed by atoms with Gasteiger partial charge < -0.3 is 11.1 Å². The molecule has 3 N–H and O–H groups in total. The number of hydrogen-bond donors (Lipinski definition) is 2. The average Bonchev–Trinajstić information content (AvgIpc) is 2.42. The zero-order valence-electron chi connectivity index (χ0n) is 12.1. The lowest BCUT2D eigenvalue weighted by Crippen LogP contribution is -2.33. The van der Waals surface area contributed by atoms with Crippen molar-refractivity contribution < 1.29 is 4.79 Å². The van der Waals surface area contributed by atoms with Crippen molar-refractivity contribution in [3.05, 3.63) is 57.5 Å². The number of nitrogens with zero attached hydrogens (tertiary/aromatic N) is 2. The van der Waals surface area contributed by atoms with Crippen LogP contribution in [0.5, 0.6) is 0 Å². The summed E-state index contributed by atoms with van der Waals surface area (Å²) >= 11 is 0. The number of benzene rings is 1. The first-order valence-electron chi connectivity index (χ1n) is 6.62. The summed E-state index contributed by atoms with van der Waals surface area (Å²) in [6.45, 7) is 3.96. The molecule has 1 aromatic carbocycles. The predicted octanol–water partition coefficient (Wildman–Crippen LogP) is 0.759. The first-order chi connectivity index (χ1) is 9.95. The van der Waals surface area contributed by atoms with E-state index in [1.54, 1.807) is 6.92 Å². The van der Waals surface area contributed by atoms with Crippen molar-refractivity contribution in [3.63, 3.8) is 0 Å². The van der Waals surface area contributed by atoms with E-state index < -0.39 is 0 Å². The van der Waals surface area contributed by atoms with Crippen LogP contribution in [0, 0.1) is 13.8 Å². The van der Waals surface area contributed by atoms with E-state index in [-0.39, 0.29) is 24.0 Å². The van der Waals surface area contributed by atoms with Crippen LogP contribution in [-0.2, 0) is 17.9 Å². The Balaban J connectivity index is 1.99. The Hall–Kier alpha value is -2.63. The van der Waals surface area contributed by atoms with E-state index in [1.807, 2.05) is 31.2 Å². The SMILES string of the molecule is Cc1ccc(CNC(=O)Cn2c(N)nc(C)cc2=O)cc1. The Labute approximate surface area is 122 Å². The second kappa shape index (κ2) is 6.21. The summed E-state index contributed by atoms with van der Waals surface area (Å²) in [6, 6.07) is 9.21. The maximum atomic E-state index is 11.9. The third-order valence-electron chi connectivity index (χ3n) is 3.08. The van der Waals surface area contributed by atoms with Crippen LogP contribution < -0.4 is 16.6 Å². The van der Waals surface area contributed by atoms with E-state index >= 15 is 0 Å². The first kappa shape index (κ1) is 14.8. The molecule has 0 radical (unpaired) electrons. The topological polar surface area (TPSA) is 90.0 Å². The Bertz CT molecular complexity index is 705. The fourth-order valence-electron chi connectivity index (χ4n) is 1.91. The van der Waals surface area contributed by atoms with Crippen molar-refractivity contribution in [2.75, 3.05) is 5.73 Å². The van der Waals surface area contributed by atoms with Crippen molar-refractivity contribution >= 4 is 11.9 Å². The Morgan fingerprint density at radius 3 is 2.57 bits per heavy atom. The van der Waals surface area contributed by atoms with Gasteiger partial charge in [0.15, 0.2) is 0 Å².